The van der Waals surface area contributed by atoms with Crippen molar-refractivity contribution in [3.05, 3.63) is 60.2 Å². The second kappa shape index (κ2) is 6.90. The van der Waals surface area contributed by atoms with Crippen LogP contribution in [0.4, 0.5) is 0 Å². The molecule has 2 aromatic carbocycles. The summed E-state index contributed by atoms with van der Waals surface area (Å²) in [5, 5.41) is 0. The van der Waals surface area contributed by atoms with Gasteiger partial charge >= 0.3 is 5.97 Å². The summed E-state index contributed by atoms with van der Waals surface area (Å²) in [7, 11) is 0. The summed E-state index contributed by atoms with van der Waals surface area (Å²) in [6, 6.07) is 18.4. The van der Waals surface area contributed by atoms with Gasteiger partial charge in [-0.2, -0.15) is 0 Å². The Labute approximate surface area is 120 Å². The summed E-state index contributed by atoms with van der Waals surface area (Å²) >= 11 is 0. The summed E-state index contributed by atoms with van der Waals surface area (Å²) in [5.74, 6) is -0.132. The van der Waals surface area contributed by atoms with Crippen molar-refractivity contribution < 1.29 is 9.53 Å². The molecule has 0 aromatic heterocycles. The Morgan fingerprint density at radius 1 is 1.00 bits per heavy atom. The fourth-order valence-corrected chi connectivity index (χ4v) is 2.11. The summed E-state index contributed by atoms with van der Waals surface area (Å²) in [4.78, 5) is 11.5. The zero-order valence-electron chi connectivity index (χ0n) is 12.0. The van der Waals surface area contributed by atoms with Crippen LogP contribution in [0.2, 0.25) is 0 Å². The molecular formula is C18H20O2. The molecule has 2 aromatic rings. The number of ether oxygens (including phenoxy) is 1. The Bertz CT molecular complexity index is 543. The van der Waals surface area contributed by atoms with Gasteiger partial charge in [0.1, 0.15) is 6.10 Å². The van der Waals surface area contributed by atoms with Gasteiger partial charge in [0.2, 0.25) is 0 Å². The van der Waals surface area contributed by atoms with Crippen LogP contribution in [0.25, 0.3) is 11.1 Å². The van der Waals surface area contributed by atoms with Crippen LogP contribution < -0.4 is 0 Å². The average Bonchev–Trinajstić information content (AvgIpc) is 2.48. The van der Waals surface area contributed by atoms with Crippen LogP contribution in [0.5, 0.6) is 0 Å². The topological polar surface area (TPSA) is 26.3 Å². The summed E-state index contributed by atoms with van der Waals surface area (Å²) in [6.07, 6.45) is 1.10. The van der Waals surface area contributed by atoms with E-state index in [4.69, 9.17) is 4.74 Å². The minimum Gasteiger partial charge on any atom is -0.458 e. The van der Waals surface area contributed by atoms with Crippen molar-refractivity contribution in [1.29, 1.82) is 0 Å². The molecule has 2 heteroatoms. The zero-order chi connectivity index (χ0) is 14.4. The van der Waals surface area contributed by atoms with Crippen LogP contribution in [-0.4, -0.2) is 5.97 Å². The van der Waals surface area contributed by atoms with Gasteiger partial charge in [-0.15, -0.1) is 0 Å². The van der Waals surface area contributed by atoms with Crippen molar-refractivity contribution in [1.82, 2.24) is 0 Å². The molecule has 0 aliphatic heterocycles. The first kappa shape index (κ1) is 14.3. The zero-order valence-corrected chi connectivity index (χ0v) is 12.0. The standard InChI is InChI=1S/C18H20O2/c1-3-7-18(19)20-14(2)15-10-12-17(13-11-15)16-8-5-4-6-9-16/h4-6,8-14H,3,7H2,1-2H3. The lowest BCUT2D eigenvalue weighted by atomic mass is 10.0. The van der Waals surface area contributed by atoms with Crippen LogP contribution in [-0.2, 0) is 9.53 Å². The molecule has 0 heterocycles. The lowest BCUT2D eigenvalue weighted by Crippen LogP contribution is -2.08. The molecule has 0 radical (unpaired) electrons. The Hall–Kier alpha value is -2.09. The van der Waals surface area contributed by atoms with Gasteiger partial charge in [0.05, 0.1) is 0 Å². The van der Waals surface area contributed by atoms with E-state index in [1.807, 2.05) is 44.2 Å². The Morgan fingerprint density at radius 3 is 2.20 bits per heavy atom. The van der Waals surface area contributed by atoms with Crippen molar-refractivity contribution >= 4 is 5.97 Å². The maximum Gasteiger partial charge on any atom is 0.306 e. The summed E-state index contributed by atoms with van der Waals surface area (Å²) in [5.41, 5.74) is 3.38. The van der Waals surface area contributed by atoms with Crippen molar-refractivity contribution in [2.75, 3.05) is 0 Å². The lowest BCUT2D eigenvalue weighted by Gasteiger charge is -2.14. The molecule has 0 fully saturated rings. The van der Waals surface area contributed by atoms with E-state index >= 15 is 0 Å². The quantitative estimate of drug-likeness (QED) is 0.731. The van der Waals surface area contributed by atoms with Gasteiger partial charge in [-0.1, -0.05) is 61.5 Å². The van der Waals surface area contributed by atoms with Gasteiger partial charge in [-0.3, -0.25) is 4.79 Å². The third-order valence-electron chi connectivity index (χ3n) is 3.25. The fraction of sp³-hybridized carbons (Fsp3) is 0.278. The predicted molar refractivity (Wildman–Crippen MR) is 81.3 cm³/mol. The molecule has 0 amide bonds. The Balaban J connectivity index is 2.06. The smallest absolute Gasteiger partial charge is 0.306 e. The van der Waals surface area contributed by atoms with Crippen LogP contribution >= 0.6 is 0 Å². The average molecular weight is 268 g/mol. The monoisotopic (exact) mass is 268 g/mol. The van der Waals surface area contributed by atoms with E-state index in [1.165, 1.54) is 11.1 Å². The molecule has 0 aliphatic carbocycles. The Kier molecular flexibility index (Phi) is 4.94. The van der Waals surface area contributed by atoms with Gasteiger partial charge in [0.15, 0.2) is 0 Å². The molecule has 0 bridgehead atoms. The van der Waals surface area contributed by atoms with Crippen molar-refractivity contribution in [3.8, 4) is 11.1 Å². The molecule has 20 heavy (non-hydrogen) atoms. The second-order valence-electron chi connectivity index (χ2n) is 4.87. The van der Waals surface area contributed by atoms with Gasteiger partial charge in [0.25, 0.3) is 0 Å². The molecule has 0 aliphatic rings. The van der Waals surface area contributed by atoms with Gasteiger partial charge in [-0.25, -0.2) is 0 Å². The van der Waals surface area contributed by atoms with E-state index in [0.29, 0.717) is 6.42 Å². The first-order valence-electron chi connectivity index (χ1n) is 7.05. The second-order valence-corrected chi connectivity index (χ2v) is 4.87. The normalized spacial score (nSPS) is 11.9. The number of benzene rings is 2. The number of carbonyl (C=O) groups excluding carboxylic acids is 1. The highest BCUT2D eigenvalue weighted by Crippen LogP contribution is 2.23. The molecule has 0 N–H and O–H groups in total. The Morgan fingerprint density at radius 2 is 1.60 bits per heavy atom. The molecule has 0 saturated carbocycles. The van der Waals surface area contributed by atoms with E-state index in [0.717, 1.165) is 12.0 Å². The highest BCUT2D eigenvalue weighted by Gasteiger charge is 2.10. The minimum atomic E-state index is -0.195. The highest BCUT2D eigenvalue weighted by molar-refractivity contribution is 5.69. The molecule has 2 nitrogen and oxygen atoms in total. The molecule has 0 saturated heterocycles. The van der Waals surface area contributed by atoms with Crippen molar-refractivity contribution in [2.24, 2.45) is 0 Å². The molecular weight excluding hydrogens is 248 g/mol. The number of carbonyl (C=O) groups is 1. The maximum absolute atomic E-state index is 11.5. The number of rotatable bonds is 5. The van der Waals surface area contributed by atoms with E-state index in [-0.39, 0.29) is 12.1 Å². The van der Waals surface area contributed by atoms with Crippen molar-refractivity contribution in [2.45, 2.75) is 32.8 Å². The van der Waals surface area contributed by atoms with E-state index in [9.17, 15) is 4.79 Å². The van der Waals surface area contributed by atoms with Crippen LogP contribution in [0.15, 0.2) is 54.6 Å². The highest BCUT2D eigenvalue weighted by atomic mass is 16.5. The first-order valence-corrected chi connectivity index (χ1v) is 7.05. The minimum absolute atomic E-state index is 0.132. The van der Waals surface area contributed by atoms with E-state index in [2.05, 4.69) is 24.3 Å². The molecule has 0 spiro atoms. The van der Waals surface area contributed by atoms with E-state index in [1.54, 1.807) is 0 Å². The maximum atomic E-state index is 11.5. The van der Waals surface area contributed by atoms with Crippen molar-refractivity contribution in [3.63, 3.8) is 0 Å². The SMILES string of the molecule is CCCC(=O)OC(C)c1ccc(-c2ccccc2)cc1. The predicted octanol–water partition coefficient (Wildman–Crippen LogP) is 4.76. The molecule has 2 rings (SSSR count). The van der Waals surface area contributed by atoms with Crippen LogP contribution in [0.3, 0.4) is 0 Å². The van der Waals surface area contributed by atoms with Gasteiger partial charge in [-0.05, 0) is 30.0 Å². The number of esters is 1. The molecule has 1 unspecified atom stereocenters. The fourth-order valence-electron chi connectivity index (χ4n) is 2.11. The van der Waals surface area contributed by atoms with E-state index < -0.39 is 0 Å². The van der Waals surface area contributed by atoms with Gasteiger partial charge in [0, 0.05) is 6.42 Å². The van der Waals surface area contributed by atoms with Crippen LogP contribution in [0.1, 0.15) is 38.4 Å². The summed E-state index contributed by atoms with van der Waals surface area (Å²) in [6.45, 7) is 3.88. The third-order valence-corrected chi connectivity index (χ3v) is 3.25. The summed E-state index contributed by atoms with van der Waals surface area (Å²) < 4.78 is 5.38. The first-order chi connectivity index (χ1) is 9.70. The van der Waals surface area contributed by atoms with Gasteiger partial charge < -0.3 is 4.74 Å². The third kappa shape index (κ3) is 3.70. The number of hydrogen-bond acceptors (Lipinski definition) is 2. The largest absolute Gasteiger partial charge is 0.458 e. The van der Waals surface area contributed by atoms with Crippen LogP contribution in [0, 0.1) is 0 Å². The lowest BCUT2D eigenvalue weighted by molar-refractivity contribution is -0.148. The molecule has 104 valence electrons. The number of hydrogen-bond donors (Lipinski definition) is 0. The molecule has 1 atom stereocenters.